The van der Waals surface area contributed by atoms with E-state index >= 15 is 0 Å². The molecule has 0 atom stereocenters. The first-order valence-corrected chi connectivity index (χ1v) is 5.03. The van der Waals surface area contributed by atoms with Crippen molar-refractivity contribution in [2.24, 2.45) is 0 Å². The minimum Gasteiger partial charge on any atom is -0.338 e. The quantitative estimate of drug-likeness (QED) is 0.547. The smallest absolute Gasteiger partial charge is 0.327 e. The maximum absolute atomic E-state index is 5.13. The average Bonchev–Trinajstić information content (AvgIpc) is 2.69. The van der Waals surface area contributed by atoms with E-state index in [4.69, 9.17) is 4.84 Å². The van der Waals surface area contributed by atoms with Gasteiger partial charge in [-0.2, -0.15) is 0 Å². The van der Waals surface area contributed by atoms with Crippen molar-refractivity contribution in [2.45, 2.75) is 18.9 Å². The largest absolute Gasteiger partial charge is 0.338 e. The number of aromatic amines is 1. The molecule has 0 aromatic carbocycles. The van der Waals surface area contributed by atoms with Gasteiger partial charge in [0, 0.05) is 0 Å². The second-order valence-electron chi connectivity index (χ2n) is 2.45. The van der Waals surface area contributed by atoms with Crippen molar-refractivity contribution in [1.29, 1.82) is 0 Å². The van der Waals surface area contributed by atoms with Gasteiger partial charge in [-0.15, -0.1) is 0 Å². The Hall–Kier alpha value is -1.16. The Morgan fingerprint density at radius 3 is 2.64 bits per heavy atom. The molecule has 0 aliphatic rings. The number of H-pyrrole nitrogens is 1. The highest BCUT2D eigenvalue weighted by atomic mass is 32.1. The van der Waals surface area contributed by atoms with Crippen LogP contribution < -0.4 is 9.57 Å². The maximum Gasteiger partial charge on any atom is 0.327 e. The summed E-state index contributed by atoms with van der Waals surface area (Å²) in [6.45, 7) is 4.00. The predicted octanol–water partition coefficient (Wildman–Crippen LogP) is 1.83. The van der Waals surface area contributed by atoms with Crippen LogP contribution in [0, 0.1) is 0 Å². The van der Waals surface area contributed by atoms with Crippen LogP contribution in [-0.2, 0) is 0 Å². The summed E-state index contributed by atoms with van der Waals surface area (Å²) in [6.07, 6.45) is 1.87. The van der Waals surface area contributed by atoms with Crippen LogP contribution in [0.4, 0.5) is 0 Å². The van der Waals surface area contributed by atoms with Crippen LogP contribution in [0.15, 0.2) is 29.4 Å². The summed E-state index contributed by atoms with van der Waals surface area (Å²) in [5.41, 5.74) is 0.921. The summed E-state index contributed by atoms with van der Waals surface area (Å²) in [7, 11) is 1.61. The molecule has 0 bridgehead atoms. The molecule has 14 heavy (non-hydrogen) atoms. The number of rotatable bonds is 1. The van der Waals surface area contributed by atoms with Gasteiger partial charge in [-0.1, -0.05) is 26.5 Å². The SMILES string of the molecule is CC.CO[n+]1c(S)ccc2cc[nH]c21. The molecule has 0 spiro atoms. The Kier molecular flexibility index (Phi) is 3.83. The number of pyridine rings is 1. The van der Waals surface area contributed by atoms with Gasteiger partial charge in [-0.25, -0.2) is 4.98 Å². The van der Waals surface area contributed by atoms with E-state index in [1.54, 1.807) is 11.8 Å². The molecule has 2 rings (SSSR count). The van der Waals surface area contributed by atoms with E-state index in [9.17, 15) is 0 Å². The van der Waals surface area contributed by atoms with Crippen molar-refractivity contribution in [2.75, 3.05) is 7.11 Å². The zero-order chi connectivity index (χ0) is 10.6. The first-order valence-electron chi connectivity index (χ1n) is 4.58. The summed E-state index contributed by atoms with van der Waals surface area (Å²) in [6, 6.07) is 5.87. The fourth-order valence-corrected chi connectivity index (χ4v) is 1.47. The molecule has 0 saturated carbocycles. The number of nitrogens with one attached hydrogen (secondary N) is 1. The first kappa shape index (κ1) is 10.9. The highest BCUT2D eigenvalue weighted by molar-refractivity contribution is 7.80. The van der Waals surface area contributed by atoms with Crippen molar-refractivity contribution < 1.29 is 9.57 Å². The molecule has 2 heterocycles. The van der Waals surface area contributed by atoms with Crippen molar-refractivity contribution in [3.05, 3.63) is 24.4 Å². The van der Waals surface area contributed by atoms with Gasteiger partial charge in [0.25, 0.3) is 0 Å². The van der Waals surface area contributed by atoms with Gasteiger partial charge in [0.05, 0.1) is 11.6 Å². The zero-order valence-electron chi connectivity index (χ0n) is 8.61. The summed E-state index contributed by atoms with van der Waals surface area (Å²) >= 11 is 4.25. The number of hydrogen-bond acceptors (Lipinski definition) is 2. The fourth-order valence-electron chi connectivity index (χ4n) is 1.21. The molecule has 0 radical (unpaired) electrons. The lowest BCUT2D eigenvalue weighted by molar-refractivity contribution is -0.894. The van der Waals surface area contributed by atoms with Crippen LogP contribution in [0.5, 0.6) is 0 Å². The third-order valence-electron chi connectivity index (χ3n) is 1.76. The summed E-state index contributed by atoms with van der Waals surface area (Å²) in [4.78, 5) is 8.19. The Morgan fingerprint density at radius 1 is 1.29 bits per heavy atom. The standard InChI is InChI=1S/C8H8N2OS.C2H6/c1-11-10-7(12)3-2-6-4-5-9-8(6)10;1-2/h2-5H,1H3,(H,9,12);1-2H3/p+1. The zero-order valence-corrected chi connectivity index (χ0v) is 9.51. The van der Waals surface area contributed by atoms with Crippen LogP contribution in [0.3, 0.4) is 0 Å². The van der Waals surface area contributed by atoms with Gasteiger partial charge in [0.15, 0.2) is 0 Å². The van der Waals surface area contributed by atoms with E-state index in [-0.39, 0.29) is 0 Å². The summed E-state index contributed by atoms with van der Waals surface area (Å²) in [5, 5.41) is 1.88. The molecule has 0 fully saturated rings. The van der Waals surface area contributed by atoms with Crippen molar-refractivity contribution in [1.82, 2.24) is 4.98 Å². The monoisotopic (exact) mass is 211 g/mol. The molecule has 4 heteroatoms. The number of aromatic nitrogens is 2. The topological polar surface area (TPSA) is 28.9 Å². The van der Waals surface area contributed by atoms with E-state index in [2.05, 4.69) is 17.6 Å². The highest BCUT2D eigenvalue weighted by Gasteiger charge is 2.11. The Morgan fingerprint density at radius 2 is 2.00 bits per heavy atom. The van der Waals surface area contributed by atoms with E-state index in [0.717, 1.165) is 16.1 Å². The van der Waals surface area contributed by atoms with E-state index in [1.165, 1.54) is 0 Å². The molecule has 0 aliphatic carbocycles. The van der Waals surface area contributed by atoms with Gasteiger partial charge >= 0.3 is 5.65 Å². The van der Waals surface area contributed by atoms with Crippen molar-refractivity contribution in [3.8, 4) is 0 Å². The number of nitrogens with zero attached hydrogens (tertiary/aromatic N) is 1. The predicted molar refractivity (Wildman–Crippen MR) is 59.6 cm³/mol. The first-order chi connectivity index (χ1) is 6.83. The Bertz CT molecular complexity index is 411. The molecule has 1 N–H and O–H groups in total. The van der Waals surface area contributed by atoms with E-state index in [0.29, 0.717) is 0 Å². The highest BCUT2D eigenvalue weighted by Crippen LogP contribution is 2.09. The molecular formula is C10H15N2OS+. The Labute approximate surface area is 89.1 Å². The van der Waals surface area contributed by atoms with Crippen LogP contribution >= 0.6 is 12.6 Å². The molecule has 0 aliphatic heterocycles. The molecule has 0 unspecified atom stereocenters. The van der Waals surface area contributed by atoms with Crippen LogP contribution in [-0.4, -0.2) is 12.1 Å². The number of thiol groups is 1. The van der Waals surface area contributed by atoms with E-state index in [1.807, 2.05) is 38.2 Å². The van der Waals surface area contributed by atoms with Crippen LogP contribution in [0.1, 0.15) is 13.8 Å². The van der Waals surface area contributed by atoms with Crippen LogP contribution in [0.2, 0.25) is 0 Å². The van der Waals surface area contributed by atoms with Gasteiger partial charge in [0.1, 0.15) is 7.11 Å². The average molecular weight is 211 g/mol. The molecule has 0 saturated heterocycles. The molecule has 2 aromatic rings. The minimum absolute atomic E-state index is 0.771. The lowest BCUT2D eigenvalue weighted by Crippen LogP contribution is -2.43. The normalized spacial score (nSPS) is 9.43. The van der Waals surface area contributed by atoms with Gasteiger partial charge in [0.2, 0.25) is 5.03 Å². The number of fused-ring (bicyclic) bond motifs is 1. The van der Waals surface area contributed by atoms with Gasteiger partial charge in [-0.05, 0) is 22.9 Å². The maximum atomic E-state index is 5.13. The third kappa shape index (κ3) is 1.85. The molecule has 2 aromatic heterocycles. The van der Waals surface area contributed by atoms with Gasteiger partial charge in [-0.3, -0.25) is 0 Å². The molecule has 0 amide bonds. The third-order valence-corrected chi connectivity index (χ3v) is 2.09. The van der Waals surface area contributed by atoms with Crippen molar-refractivity contribution >= 4 is 23.7 Å². The summed E-state index contributed by atoms with van der Waals surface area (Å²) < 4.78 is 1.64. The second kappa shape index (κ2) is 4.91. The van der Waals surface area contributed by atoms with Gasteiger partial charge < -0.3 is 4.84 Å². The lowest BCUT2D eigenvalue weighted by atomic mass is 10.3. The van der Waals surface area contributed by atoms with Crippen LogP contribution in [0.25, 0.3) is 11.0 Å². The fraction of sp³-hybridized carbons (Fsp3) is 0.300. The number of hydrogen-bond donors (Lipinski definition) is 2. The second-order valence-corrected chi connectivity index (χ2v) is 2.91. The molecular weight excluding hydrogens is 196 g/mol. The lowest BCUT2D eigenvalue weighted by Gasteiger charge is -1.99. The van der Waals surface area contributed by atoms with E-state index < -0.39 is 0 Å². The summed E-state index contributed by atoms with van der Waals surface area (Å²) in [5.74, 6) is 0. The molecule has 3 nitrogen and oxygen atoms in total. The Balaban J connectivity index is 0.000000461. The minimum atomic E-state index is 0.771. The van der Waals surface area contributed by atoms with Crippen molar-refractivity contribution in [3.63, 3.8) is 0 Å². The molecule has 76 valence electrons.